The van der Waals surface area contributed by atoms with Crippen LogP contribution < -0.4 is 0 Å². The van der Waals surface area contributed by atoms with Crippen molar-refractivity contribution in [1.82, 2.24) is 0 Å². The van der Waals surface area contributed by atoms with Gasteiger partial charge in [-0.2, -0.15) is 0 Å². The number of allylic oxidation sites excluding steroid dienone is 2. The molecule has 1 nitrogen and oxygen atoms in total. The molecule has 0 amide bonds. The molecular weight excluding hydrogens is 244 g/mol. The van der Waals surface area contributed by atoms with Crippen LogP contribution in [0.5, 0.6) is 0 Å². The standard InChI is InChI=1S/C19H28O/c1-18-10-8-16-15(17(18)11-14(20)12-18)7-6-13-5-3-4-9-19(13,16)2/h6,15-17H,3-5,7-12H2,1-2H3/t15-,16+,17+,18-,19+/m1/s1. The molecule has 4 aliphatic carbocycles. The number of Topliss-reactive ketones (excluding diaryl/α,β-unsaturated/α-hetero) is 1. The van der Waals surface area contributed by atoms with Crippen LogP contribution in [-0.4, -0.2) is 5.78 Å². The van der Waals surface area contributed by atoms with Gasteiger partial charge in [0.25, 0.3) is 0 Å². The molecule has 0 N–H and O–H groups in total. The van der Waals surface area contributed by atoms with Crippen molar-refractivity contribution in [3.05, 3.63) is 11.6 Å². The van der Waals surface area contributed by atoms with E-state index in [1.807, 2.05) is 0 Å². The van der Waals surface area contributed by atoms with E-state index in [9.17, 15) is 4.79 Å². The molecule has 0 aromatic heterocycles. The summed E-state index contributed by atoms with van der Waals surface area (Å²) in [5, 5.41) is 0. The van der Waals surface area contributed by atoms with Crippen molar-refractivity contribution in [1.29, 1.82) is 0 Å². The summed E-state index contributed by atoms with van der Waals surface area (Å²) in [7, 11) is 0. The summed E-state index contributed by atoms with van der Waals surface area (Å²) in [5.74, 6) is 2.89. The molecule has 0 bridgehead atoms. The predicted molar refractivity (Wildman–Crippen MR) is 81.3 cm³/mol. The third-order valence-corrected chi connectivity index (χ3v) is 7.58. The normalized spacial score (nSPS) is 51.0. The number of fused-ring (bicyclic) bond motifs is 5. The highest BCUT2D eigenvalue weighted by molar-refractivity contribution is 5.82. The molecule has 5 atom stereocenters. The first-order chi connectivity index (χ1) is 9.53. The molecule has 0 spiro atoms. The van der Waals surface area contributed by atoms with Gasteiger partial charge in [-0.1, -0.05) is 31.9 Å². The van der Waals surface area contributed by atoms with Crippen LogP contribution in [-0.2, 0) is 4.79 Å². The van der Waals surface area contributed by atoms with E-state index >= 15 is 0 Å². The number of hydrogen-bond donors (Lipinski definition) is 0. The van der Waals surface area contributed by atoms with E-state index in [0.717, 1.165) is 24.7 Å². The highest BCUT2D eigenvalue weighted by atomic mass is 16.1. The van der Waals surface area contributed by atoms with Gasteiger partial charge in [0, 0.05) is 12.8 Å². The lowest BCUT2D eigenvalue weighted by Crippen LogP contribution is -2.48. The molecule has 0 aliphatic heterocycles. The zero-order chi connectivity index (χ0) is 14.0. The minimum atomic E-state index is 0.342. The molecular formula is C19H28O. The Hall–Kier alpha value is -0.590. The van der Waals surface area contributed by atoms with E-state index in [-0.39, 0.29) is 0 Å². The molecule has 4 rings (SSSR count). The van der Waals surface area contributed by atoms with E-state index in [0.29, 0.717) is 22.5 Å². The van der Waals surface area contributed by atoms with Crippen molar-refractivity contribution in [2.45, 2.75) is 71.6 Å². The Morgan fingerprint density at radius 2 is 2.00 bits per heavy atom. The van der Waals surface area contributed by atoms with Gasteiger partial charge in [0.15, 0.2) is 0 Å². The van der Waals surface area contributed by atoms with Crippen molar-refractivity contribution < 1.29 is 4.79 Å². The van der Waals surface area contributed by atoms with Crippen LogP contribution in [0, 0.1) is 28.6 Å². The van der Waals surface area contributed by atoms with Gasteiger partial charge in [-0.05, 0) is 67.1 Å². The molecule has 3 fully saturated rings. The smallest absolute Gasteiger partial charge is 0.133 e. The van der Waals surface area contributed by atoms with E-state index in [1.165, 1.54) is 44.9 Å². The SMILES string of the molecule is C[C@]12CC[C@H]3[C@@H](CC=C4CCCC[C@@]43C)[C@@H]1CC(=O)C2. The molecule has 110 valence electrons. The van der Waals surface area contributed by atoms with Crippen molar-refractivity contribution in [3.8, 4) is 0 Å². The van der Waals surface area contributed by atoms with Crippen LogP contribution in [0.3, 0.4) is 0 Å². The van der Waals surface area contributed by atoms with Gasteiger partial charge in [-0.25, -0.2) is 0 Å². The van der Waals surface area contributed by atoms with Gasteiger partial charge in [-0.15, -0.1) is 0 Å². The number of hydrogen-bond acceptors (Lipinski definition) is 1. The Morgan fingerprint density at radius 3 is 2.85 bits per heavy atom. The summed E-state index contributed by atoms with van der Waals surface area (Å²) >= 11 is 0. The van der Waals surface area contributed by atoms with Crippen molar-refractivity contribution in [2.75, 3.05) is 0 Å². The lowest BCUT2D eigenvalue weighted by atomic mass is 9.48. The molecule has 20 heavy (non-hydrogen) atoms. The summed E-state index contributed by atoms with van der Waals surface area (Å²) in [4.78, 5) is 12.0. The Kier molecular flexibility index (Phi) is 2.76. The maximum atomic E-state index is 12.0. The minimum absolute atomic E-state index is 0.342. The molecule has 0 heterocycles. The highest BCUT2D eigenvalue weighted by Gasteiger charge is 2.56. The number of carbonyl (C=O) groups is 1. The second-order valence-corrected chi connectivity index (χ2v) is 8.58. The topological polar surface area (TPSA) is 17.1 Å². The third-order valence-electron chi connectivity index (χ3n) is 7.58. The molecule has 3 saturated carbocycles. The van der Waals surface area contributed by atoms with Crippen molar-refractivity contribution >= 4 is 5.78 Å². The van der Waals surface area contributed by atoms with Gasteiger partial charge in [0.2, 0.25) is 0 Å². The van der Waals surface area contributed by atoms with Crippen LogP contribution >= 0.6 is 0 Å². The second-order valence-electron chi connectivity index (χ2n) is 8.58. The Morgan fingerprint density at radius 1 is 1.15 bits per heavy atom. The van der Waals surface area contributed by atoms with E-state index in [4.69, 9.17) is 0 Å². The fraction of sp³-hybridized carbons (Fsp3) is 0.842. The maximum absolute atomic E-state index is 12.0. The van der Waals surface area contributed by atoms with Gasteiger partial charge in [-0.3, -0.25) is 4.79 Å². The highest BCUT2D eigenvalue weighted by Crippen LogP contribution is 2.64. The lowest BCUT2D eigenvalue weighted by Gasteiger charge is -2.56. The largest absolute Gasteiger partial charge is 0.300 e. The molecule has 1 heteroatoms. The van der Waals surface area contributed by atoms with Gasteiger partial charge in [0.05, 0.1) is 0 Å². The van der Waals surface area contributed by atoms with Gasteiger partial charge >= 0.3 is 0 Å². The Balaban J connectivity index is 1.71. The maximum Gasteiger partial charge on any atom is 0.133 e. The lowest BCUT2D eigenvalue weighted by molar-refractivity contribution is -0.118. The summed E-state index contributed by atoms with van der Waals surface area (Å²) in [5.41, 5.74) is 2.60. The first-order valence-corrected chi connectivity index (χ1v) is 8.74. The summed E-state index contributed by atoms with van der Waals surface area (Å²) in [6, 6.07) is 0. The van der Waals surface area contributed by atoms with Gasteiger partial charge in [0.1, 0.15) is 5.78 Å². The minimum Gasteiger partial charge on any atom is -0.300 e. The zero-order valence-electron chi connectivity index (χ0n) is 13.1. The first kappa shape index (κ1) is 13.1. The predicted octanol–water partition coefficient (Wildman–Crippen LogP) is 4.91. The molecule has 0 saturated heterocycles. The average molecular weight is 272 g/mol. The van der Waals surface area contributed by atoms with Crippen LogP contribution in [0.4, 0.5) is 0 Å². The summed E-state index contributed by atoms with van der Waals surface area (Å²) in [6.07, 6.45) is 13.9. The number of rotatable bonds is 0. The second kappa shape index (κ2) is 4.21. The Labute approximate surface area is 123 Å². The van der Waals surface area contributed by atoms with Crippen LogP contribution in [0.2, 0.25) is 0 Å². The van der Waals surface area contributed by atoms with Crippen LogP contribution in [0.1, 0.15) is 71.6 Å². The molecule has 0 aromatic carbocycles. The number of ketones is 1. The summed E-state index contributed by atoms with van der Waals surface area (Å²) < 4.78 is 0. The van der Waals surface area contributed by atoms with Crippen molar-refractivity contribution in [3.63, 3.8) is 0 Å². The fourth-order valence-corrected chi connectivity index (χ4v) is 6.48. The Bertz CT molecular complexity index is 476. The zero-order valence-corrected chi connectivity index (χ0v) is 13.1. The number of carbonyl (C=O) groups excluding carboxylic acids is 1. The monoisotopic (exact) mass is 272 g/mol. The summed E-state index contributed by atoms with van der Waals surface area (Å²) in [6.45, 7) is 4.95. The molecule has 0 aromatic rings. The molecule has 0 radical (unpaired) electrons. The quantitative estimate of drug-likeness (QED) is 0.573. The average Bonchev–Trinajstić information content (AvgIpc) is 2.72. The van der Waals surface area contributed by atoms with E-state index in [1.54, 1.807) is 5.57 Å². The van der Waals surface area contributed by atoms with Crippen LogP contribution in [0.25, 0.3) is 0 Å². The first-order valence-electron chi connectivity index (χ1n) is 8.74. The fourth-order valence-electron chi connectivity index (χ4n) is 6.48. The van der Waals surface area contributed by atoms with Crippen molar-refractivity contribution in [2.24, 2.45) is 28.6 Å². The van der Waals surface area contributed by atoms with E-state index < -0.39 is 0 Å². The van der Waals surface area contributed by atoms with Crippen LogP contribution in [0.15, 0.2) is 11.6 Å². The van der Waals surface area contributed by atoms with Gasteiger partial charge < -0.3 is 0 Å². The molecule has 0 unspecified atom stereocenters. The third kappa shape index (κ3) is 1.64. The van der Waals surface area contributed by atoms with E-state index in [2.05, 4.69) is 19.9 Å². The molecule has 4 aliphatic rings.